The molecule has 0 bridgehead atoms. The Morgan fingerprint density at radius 2 is 1.83 bits per heavy atom. The molecule has 0 amide bonds. The molecule has 0 aromatic heterocycles. The average Bonchev–Trinajstić information content (AvgIpc) is 2.38. The van der Waals surface area contributed by atoms with Gasteiger partial charge in [-0.15, -0.1) is 11.8 Å². The minimum atomic E-state index is -0.343. The zero-order valence-electron chi connectivity index (χ0n) is 11.4. The maximum atomic E-state index is 11.2. The predicted octanol–water partition coefficient (Wildman–Crippen LogP) is 2.23. The van der Waals surface area contributed by atoms with Crippen molar-refractivity contribution in [2.45, 2.75) is 10.9 Å². The molecule has 1 unspecified atom stereocenters. The lowest BCUT2D eigenvalue weighted by Crippen LogP contribution is -2.21. The highest BCUT2D eigenvalue weighted by molar-refractivity contribution is 7.98. The van der Waals surface area contributed by atoms with Gasteiger partial charge in [0.2, 0.25) is 0 Å². The maximum absolute atomic E-state index is 11.2. The minimum absolute atomic E-state index is 0.343. The van der Waals surface area contributed by atoms with Gasteiger partial charge in [0, 0.05) is 5.56 Å². The fraction of sp³-hybridized carbons (Fsp3) is 0.462. The molecule has 0 fully saturated rings. The van der Waals surface area contributed by atoms with Crippen LogP contribution >= 0.6 is 11.8 Å². The van der Waals surface area contributed by atoms with Gasteiger partial charge in [-0.2, -0.15) is 0 Å². The predicted molar refractivity (Wildman–Crippen MR) is 73.8 cm³/mol. The molecule has 0 N–H and O–H groups in total. The van der Waals surface area contributed by atoms with Crippen molar-refractivity contribution in [3.05, 3.63) is 17.7 Å². The molecule has 1 atom stereocenters. The van der Waals surface area contributed by atoms with Gasteiger partial charge in [-0.25, -0.2) is 0 Å². The first-order valence-corrected chi connectivity index (χ1v) is 6.73. The third-order valence-corrected chi connectivity index (χ3v) is 3.50. The van der Waals surface area contributed by atoms with E-state index in [-0.39, 0.29) is 6.04 Å². The summed E-state index contributed by atoms with van der Waals surface area (Å²) in [5, 5.41) is 0. The van der Waals surface area contributed by atoms with E-state index >= 15 is 0 Å². The lowest BCUT2D eigenvalue weighted by Gasteiger charge is -2.22. The first-order chi connectivity index (χ1) is 8.58. The van der Waals surface area contributed by atoms with Crippen LogP contribution in [0.4, 0.5) is 0 Å². The molecule has 1 aromatic rings. The van der Waals surface area contributed by atoms with Crippen molar-refractivity contribution < 1.29 is 14.3 Å². The highest BCUT2D eigenvalue weighted by Gasteiger charge is 2.20. The summed E-state index contributed by atoms with van der Waals surface area (Å²) in [4.78, 5) is 14.0. The zero-order valence-corrected chi connectivity index (χ0v) is 12.2. The number of methoxy groups -OCH3 is 2. The van der Waals surface area contributed by atoms with Crippen molar-refractivity contribution in [3.8, 4) is 11.5 Å². The molecule has 0 spiro atoms. The molecule has 4 nitrogen and oxygen atoms in total. The number of carbonyl (C=O) groups excluding carboxylic acids is 1. The molecule has 100 valence electrons. The summed E-state index contributed by atoms with van der Waals surface area (Å²) in [6.45, 7) is 0. The van der Waals surface area contributed by atoms with Gasteiger partial charge < -0.3 is 14.3 Å². The van der Waals surface area contributed by atoms with Crippen LogP contribution in [-0.2, 0) is 4.79 Å². The van der Waals surface area contributed by atoms with E-state index in [1.165, 1.54) is 0 Å². The van der Waals surface area contributed by atoms with Crippen LogP contribution in [0.3, 0.4) is 0 Å². The number of thioether (sulfide) groups is 1. The lowest BCUT2D eigenvalue weighted by atomic mass is 10.1. The van der Waals surface area contributed by atoms with Crippen LogP contribution in [0.15, 0.2) is 17.0 Å². The summed E-state index contributed by atoms with van der Waals surface area (Å²) in [5.41, 5.74) is 0.812. The topological polar surface area (TPSA) is 38.8 Å². The Morgan fingerprint density at radius 3 is 2.22 bits per heavy atom. The van der Waals surface area contributed by atoms with Crippen molar-refractivity contribution >= 4 is 18.0 Å². The third kappa shape index (κ3) is 2.97. The molecule has 0 aliphatic heterocycles. The van der Waals surface area contributed by atoms with E-state index < -0.39 is 0 Å². The Labute approximate surface area is 112 Å². The average molecular weight is 269 g/mol. The Morgan fingerprint density at radius 1 is 1.22 bits per heavy atom. The second kappa shape index (κ2) is 6.66. The van der Waals surface area contributed by atoms with E-state index in [0.29, 0.717) is 5.75 Å². The second-order valence-corrected chi connectivity index (χ2v) is 4.84. The molecule has 1 aromatic carbocycles. The Bertz CT molecular complexity index is 421. The molecule has 0 saturated heterocycles. The van der Waals surface area contributed by atoms with Gasteiger partial charge in [0.05, 0.1) is 25.2 Å². The lowest BCUT2D eigenvalue weighted by molar-refractivity contribution is -0.111. The molecule has 18 heavy (non-hydrogen) atoms. The van der Waals surface area contributed by atoms with Gasteiger partial charge in [-0.05, 0) is 32.5 Å². The highest BCUT2D eigenvalue weighted by Crippen LogP contribution is 2.37. The van der Waals surface area contributed by atoms with Gasteiger partial charge >= 0.3 is 0 Å². The molecular formula is C13H19NO3S. The fourth-order valence-electron chi connectivity index (χ4n) is 1.76. The third-order valence-electron chi connectivity index (χ3n) is 2.74. The van der Waals surface area contributed by atoms with Crippen molar-refractivity contribution in [3.63, 3.8) is 0 Å². The van der Waals surface area contributed by atoms with Crippen molar-refractivity contribution in [1.82, 2.24) is 4.90 Å². The summed E-state index contributed by atoms with van der Waals surface area (Å²) in [6.07, 6.45) is 2.87. The van der Waals surface area contributed by atoms with E-state index in [1.807, 2.05) is 37.4 Å². The van der Waals surface area contributed by atoms with Crippen LogP contribution in [0.2, 0.25) is 0 Å². The highest BCUT2D eigenvalue weighted by atomic mass is 32.2. The second-order valence-electron chi connectivity index (χ2n) is 3.99. The normalized spacial score (nSPS) is 12.3. The molecule has 0 aliphatic carbocycles. The summed E-state index contributed by atoms with van der Waals surface area (Å²) < 4.78 is 10.7. The van der Waals surface area contributed by atoms with E-state index in [9.17, 15) is 4.79 Å². The monoisotopic (exact) mass is 269 g/mol. The molecule has 0 saturated carbocycles. The number of likely N-dealkylation sites (N-methyl/N-ethyl adjacent to an activating group) is 1. The Kier molecular flexibility index (Phi) is 5.50. The molecular weight excluding hydrogens is 250 g/mol. The maximum Gasteiger partial charge on any atom is 0.141 e. The summed E-state index contributed by atoms with van der Waals surface area (Å²) in [7, 11) is 6.94. The van der Waals surface area contributed by atoms with E-state index in [4.69, 9.17) is 9.47 Å². The Balaban J connectivity index is 3.36. The van der Waals surface area contributed by atoms with Crippen molar-refractivity contribution in [2.24, 2.45) is 0 Å². The summed E-state index contributed by atoms with van der Waals surface area (Å²) >= 11 is 1.58. The molecule has 5 heteroatoms. The number of carbonyl (C=O) groups is 1. The minimum Gasteiger partial charge on any atom is -0.496 e. The van der Waals surface area contributed by atoms with Crippen LogP contribution in [0.25, 0.3) is 0 Å². The quantitative estimate of drug-likeness (QED) is 0.585. The first-order valence-electron chi connectivity index (χ1n) is 5.50. The molecule has 0 aliphatic rings. The van der Waals surface area contributed by atoms with E-state index in [1.54, 1.807) is 26.0 Å². The number of benzene rings is 1. The SMILES string of the molecule is COc1cc(C(C=O)N(C)C)c(OC)cc1SC. The van der Waals surface area contributed by atoms with Crippen molar-refractivity contribution in [2.75, 3.05) is 34.6 Å². The standard InChI is InChI=1S/C13H19NO3S/c1-14(2)10(8-15)9-6-12(17-4)13(18-5)7-11(9)16-3/h6-8,10H,1-5H3. The van der Waals surface area contributed by atoms with Gasteiger partial charge in [0.15, 0.2) is 0 Å². The van der Waals surface area contributed by atoms with E-state index in [0.717, 1.165) is 22.5 Å². The summed E-state index contributed by atoms with van der Waals surface area (Å²) in [6, 6.07) is 3.42. The van der Waals surface area contributed by atoms with Crippen LogP contribution in [-0.4, -0.2) is 45.8 Å². The smallest absolute Gasteiger partial charge is 0.141 e. The first kappa shape index (κ1) is 14.9. The molecule has 0 heterocycles. The number of aldehydes is 1. The number of ether oxygens (including phenoxy) is 2. The van der Waals surface area contributed by atoms with Crippen LogP contribution < -0.4 is 9.47 Å². The molecule has 0 radical (unpaired) electrons. The summed E-state index contributed by atoms with van der Waals surface area (Å²) in [5.74, 6) is 1.46. The zero-order chi connectivity index (χ0) is 13.7. The van der Waals surface area contributed by atoms with Gasteiger partial charge in [-0.3, -0.25) is 4.90 Å². The van der Waals surface area contributed by atoms with Crippen LogP contribution in [0.5, 0.6) is 11.5 Å². The Hall–Kier alpha value is -1.20. The number of nitrogens with zero attached hydrogens (tertiary/aromatic N) is 1. The van der Waals surface area contributed by atoms with Gasteiger partial charge in [-0.1, -0.05) is 0 Å². The van der Waals surface area contributed by atoms with Crippen molar-refractivity contribution in [1.29, 1.82) is 0 Å². The fourth-order valence-corrected chi connectivity index (χ4v) is 2.33. The number of rotatable bonds is 6. The number of hydrogen-bond donors (Lipinski definition) is 0. The van der Waals surface area contributed by atoms with Crippen LogP contribution in [0.1, 0.15) is 11.6 Å². The molecule has 1 rings (SSSR count). The van der Waals surface area contributed by atoms with Crippen LogP contribution in [0, 0.1) is 0 Å². The largest absolute Gasteiger partial charge is 0.496 e. The van der Waals surface area contributed by atoms with Gasteiger partial charge in [0.25, 0.3) is 0 Å². The number of hydrogen-bond acceptors (Lipinski definition) is 5. The van der Waals surface area contributed by atoms with Gasteiger partial charge in [0.1, 0.15) is 17.8 Å². The van der Waals surface area contributed by atoms with E-state index in [2.05, 4.69) is 0 Å².